The predicted octanol–water partition coefficient (Wildman–Crippen LogP) is 0.432. The van der Waals surface area contributed by atoms with Crippen LogP contribution in [0, 0.1) is 6.92 Å². The van der Waals surface area contributed by atoms with Gasteiger partial charge in [0.2, 0.25) is 0 Å². The van der Waals surface area contributed by atoms with E-state index in [0.717, 1.165) is 5.56 Å². The Morgan fingerprint density at radius 2 is 1.80 bits per heavy atom. The molecule has 0 amide bonds. The fraction of sp³-hybridized carbons (Fsp3) is 0.571. The number of sulfone groups is 1. The third-order valence-electron chi connectivity index (χ3n) is 3.66. The maximum absolute atomic E-state index is 11.7. The van der Waals surface area contributed by atoms with Gasteiger partial charge in [-0.3, -0.25) is 0 Å². The molecule has 0 aromatic heterocycles. The van der Waals surface area contributed by atoms with Gasteiger partial charge in [0.1, 0.15) is 0 Å². The Morgan fingerprint density at radius 3 is 2.25 bits per heavy atom. The summed E-state index contributed by atoms with van der Waals surface area (Å²) in [6.45, 7) is 2.62. The fourth-order valence-corrected chi connectivity index (χ4v) is 4.32. The highest BCUT2D eigenvalue weighted by molar-refractivity contribution is 7.91. The quantitative estimate of drug-likeness (QED) is 0.817. The largest absolute Gasteiger partial charge is 0.390 e. The molecule has 1 aliphatic rings. The van der Waals surface area contributed by atoms with Crippen LogP contribution in [-0.2, 0) is 16.4 Å². The molecule has 2 rings (SSSR count). The molecule has 5 nitrogen and oxygen atoms in total. The van der Waals surface area contributed by atoms with Gasteiger partial charge in [-0.1, -0.05) is 29.8 Å². The first-order valence-electron chi connectivity index (χ1n) is 6.66. The lowest BCUT2D eigenvalue weighted by molar-refractivity contribution is -0.0558. The Morgan fingerprint density at radius 1 is 1.20 bits per heavy atom. The average molecular weight is 298 g/mol. The standard InChI is InChI=1S/C14H22N2O3S/c1-11-4-6-12(7-5-11)8-16(15(2)3)13-9-20(18,19)10-14(13)17/h4-7,13-14,17H,8-10H2,1-3H3/t13-,14-/m0/s1. The van der Waals surface area contributed by atoms with Crippen molar-refractivity contribution in [2.45, 2.75) is 25.6 Å². The molecule has 0 saturated carbocycles. The summed E-state index contributed by atoms with van der Waals surface area (Å²) in [5.41, 5.74) is 2.29. The minimum atomic E-state index is -3.14. The zero-order valence-electron chi connectivity index (χ0n) is 12.2. The van der Waals surface area contributed by atoms with E-state index in [2.05, 4.69) is 0 Å². The van der Waals surface area contributed by atoms with Crippen molar-refractivity contribution in [1.29, 1.82) is 0 Å². The number of aliphatic hydroxyl groups is 1. The van der Waals surface area contributed by atoms with Crippen molar-refractivity contribution >= 4 is 9.84 Å². The third-order valence-corrected chi connectivity index (χ3v) is 5.35. The van der Waals surface area contributed by atoms with Gasteiger partial charge in [-0.25, -0.2) is 18.4 Å². The fourth-order valence-electron chi connectivity index (χ4n) is 2.53. The van der Waals surface area contributed by atoms with Crippen molar-refractivity contribution in [3.05, 3.63) is 35.4 Å². The highest BCUT2D eigenvalue weighted by Crippen LogP contribution is 2.21. The van der Waals surface area contributed by atoms with Crippen LogP contribution in [0.3, 0.4) is 0 Å². The number of hydrogen-bond acceptors (Lipinski definition) is 5. The second-order valence-corrected chi connectivity index (χ2v) is 7.80. The summed E-state index contributed by atoms with van der Waals surface area (Å²) < 4.78 is 23.3. The first-order chi connectivity index (χ1) is 9.28. The Hall–Kier alpha value is -0.950. The number of rotatable bonds is 4. The smallest absolute Gasteiger partial charge is 0.154 e. The van der Waals surface area contributed by atoms with Crippen LogP contribution in [0.25, 0.3) is 0 Å². The summed E-state index contributed by atoms with van der Waals surface area (Å²) >= 11 is 0. The zero-order valence-corrected chi connectivity index (χ0v) is 13.0. The van der Waals surface area contributed by atoms with Gasteiger partial charge in [0.05, 0.1) is 23.7 Å². The van der Waals surface area contributed by atoms with E-state index in [4.69, 9.17) is 0 Å². The molecule has 1 aromatic rings. The van der Waals surface area contributed by atoms with Crippen molar-refractivity contribution in [3.8, 4) is 0 Å². The van der Waals surface area contributed by atoms with Gasteiger partial charge < -0.3 is 5.11 Å². The minimum absolute atomic E-state index is 0.0121. The maximum atomic E-state index is 11.7. The Labute approximate surface area is 120 Å². The maximum Gasteiger partial charge on any atom is 0.154 e. The van der Waals surface area contributed by atoms with Crippen LogP contribution in [0.4, 0.5) is 0 Å². The van der Waals surface area contributed by atoms with Crippen LogP contribution < -0.4 is 0 Å². The van der Waals surface area contributed by atoms with E-state index < -0.39 is 15.9 Å². The number of hydrogen-bond donors (Lipinski definition) is 1. The topological polar surface area (TPSA) is 60.9 Å². The summed E-state index contributed by atoms with van der Waals surface area (Å²) in [7, 11) is 0.593. The number of aliphatic hydroxyl groups excluding tert-OH is 1. The van der Waals surface area contributed by atoms with Crippen molar-refractivity contribution in [1.82, 2.24) is 10.0 Å². The number of hydrazine groups is 1. The molecule has 0 unspecified atom stereocenters. The van der Waals surface area contributed by atoms with E-state index in [1.54, 1.807) is 0 Å². The molecule has 1 N–H and O–H groups in total. The van der Waals surface area contributed by atoms with Gasteiger partial charge in [0.15, 0.2) is 9.84 Å². The number of benzene rings is 1. The average Bonchev–Trinajstić information content (AvgIpc) is 2.61. The van der Waals surface area contributed by atoms with Crippen LogP contribution in [0.1, 0.15) is 11.1 Å². The van der Waals surface area contributed by atoms with E-state index in [0.29, 0.717) is 6.54 Å². The highest BCUT2D eigenvalue weighted by atomic mass is 32.2. The first kappa shape index (κ1) is 15.4. The molecule has 0 bridgehead atoms. The SMILES string of the molecule is Cc1ccc(CN([C@H]2CS(=O)(=O)C[C@@H]2O)N(C)C)cc1. The Bertz CT molecular complexity index is 554. The van der Waals surface area contributed by atoms with Crippen molar-refractivity contribution in [3.63, 3.8) is 0 Å². The molecule has 20 heavy (non-hydrogen) atoms. The lowest BCUT2D eigenvalue weighted by Crippen LogP contribution is -2.49. The van der Waals surface area contributed by atoms with Gasteiger partial charge in [0.25, 0.3) is 0 Å². The molecule has 1 saturated heterocycles. The van der Waals surface area contributed by atoms with Crippen molar-refractivity contribution in [2.75, 3.05) is 25.6 Å². The molecule has 6 heteroatoms. The molecule has 0 spiro atoms. The lowest BCUT2D eigenvalue weighted by atomic mass is 10.1. The summed E-state index contributed by atoms with van der Waals surface area (Å²) in [6.07, 6.45) is -0.826. The van der Waals surface area contributed by atoms with Crippen LogP contribution in [0.15, 0.2) is 24.3 Å². The molecule has 1 aliphatic heterocycles. The van der Waals surface area contributed by atoms with Crippen molar-refractivity contribution < 1.29 is 13.5 Å². The minimum Gasteiger partial charge on any atom is -0.390 e. The third kappa shape index (κ3) is 3.58. The van der Waals surface area contributed by atoms with Crippen LogP contribution in [0.2, 0.25) is 0 Å². The van der Waals surface area contributed by atoms with Gasteiger partial charge in [-0.15, -0.1) is 0 Å². The normalized spacial score (nSPS) is 25.5. The summed E-state index contributed by atoms with van der Waals surface area (Å²) in [5, 5.41) is 13.8. The van der Waals surface area contributed by atoms with Crippen molar-refractivity contribution in [2.24, 2.45) is 0 Å². The van der Waals surface area contributed by atoms with E-state index >= 15 is 0 Å². The molecule has 0 radical (unpaired) electrons. The van der Waals surface area contributed by atoms with Gasteiger partial charge in [-0.05, 0) is 12.5 Å². The number of aryl methyl sites for hydroxylation is 1. The van der Waals surface area contributed by atoms with Gasteiger partial charge in [0, 0.05) is 20.6 Å². The summed E-state index contributed by atoms with van der Waals surface area (Å²) in [5.74, 6) is -0.131. The van der Waals surface area contributed by atoms with E-state index in [1.807, 2.05) is 55.3 Å². The second kappa shape index (κ2) is 5.81. The molecule has 1 aromatic carbocycles. The highest BCUT2D eigenvalue weighted by Gasteiger charge is 2.40. The van der Waals surface area contributed by atoms with Crippen LogP contribution >= 0.6 is 0 Å². The second-order valence-electron chi connectivity index (χ2n) is 5.64. The van der Waals surface area contributed by atoms with Crippen LogP contribution in [0.5, 0.6) is 0 Å². The Kier molecular flexibility index (Phi) is 4.49. The molecule has 1 fully saturated rings. The monoisotopic (exact) mass is 298 g/mol. The lowest BCUT2D eigenvalue weighted by Gasteiger charge is -2.35. The molecule has 2 atom stereocenters. The summed E-state index contributed by atoms with van der Waals surface area (Å²) in [4.78, 5) is 0. The van der Waals surface area contributed by atoms with E-state index in [9.17, 15) is 13.5 Å². The molecule has 1 heterocycles. The summed E-state index contributed by atoms with van der Waals surface area (Å²) in [6, 6.07) is 7.75. The predicted molar refractivity (Wildman–Crippen MR) is 78.9 cm³/mol. The van der Waals surface area contributed by atoms with Gasteiger partial charge in [-0.2, -0.15) is 0 Å². The zero-order chi connectivity index (χ0) is 14.9. The van der Waals surface area contributed by atoms with Crippen LogP contribution in [-0.4, -0.2) is 61.3 Å². The molecular weight excluding hydrogens is 276 g/mol. The molecular formula is C14H22N2O3S. The Balaban J connectivity index is 2.17. The first-order valence-corrected chi connectivity index (χ1v) is 8.48. The molecule has 112 valence electrons. The van der Waals surface area contributed by atoms with E-state index in [-0.39, 0.29) is 17.5 Å². The molecule has 0 aliphatic carbocycles. The number of nitrogens with zero attached hydrogens (tertiary/aromatic N) is 2. The van der Waals surface area contributed by atoms with Gasteiger partial charge >= 0.3 is 0 Å². The van der Waals surface area contributed by atoms with E-state index in [1.165, 1.54) is 5.56 Å².